The maximum atomic E-state index is 11.9. The summed E-state index contributed by atoms with van der Waals surface area (Å²) in [5, 5.41) is 0. The lowest BCUT2D eigenvalue weighted by molar-refractivity contribution is 0.191. The predicted octanol–water partition coefficient (Wildman–Crippen LogP) is 2.62. The molecule has 0 N–H and O–H groups in total. The fourth-order valence-electron chi connectivity index (χ4n) is 1.38. The first kappa shape index (κ1) is 9.84. The van der Waals surface area contributed by atoms with Gasteiger partial charge in [-0.15, -0.1) is 0 Å². The average Bonchev–Trinajstić information content (AvgIpc) is 2.04. The van der Waals surface area contributed by atoms with E-state index in [9.17, 15) is 4.39 Å². The number of methoxy groups -OCH3 is 1. The molecule has 1 rings (SSSR count). The number of ether oxygens (including phenoxy) is 2. The van der Waals surface area contributed by atoms with Crippen LogP contribution in [0.1, 0.15) is 11.1 Å². The van der Waals surface area contributed by atoms with E-state index < -0.39 is 6.86 Å². The molecule has 0 saturated heterocycles. The fraction of sp³-hybridized carbons (Fsp3) is 0.400. The second-order valence-electron chi connectivity index (χ2n) is 2.84. The van der Waals surface area contributed by atoms with Gasteiger partial charge in [-0.1, -0.05) is 0 Å². The largest absolute Gasteiger partial charge is 0.496 e. The Morgan fingerprint density at radius 2 is 1.77 bits per heavy atom. The predicted molar refractivity (Wildman–Crippen MR) is 49.1 cm³/mol. The summed E-state index contributed by atoms with van der Waals surface area (Å²) in [5.74, 6) is 1.37. The molecule has 0 saturated carbocycles. The van der Waals surface area contributed by atoms with E-state index in [1.807, 2.05) is 13.8 Å². The monoisotopic (exact) mass is 184 g/mol. The molecule has 0 atom stereocenters. The summed E-state index contributed by atoms with van der Waals surface area (Å²) in [6.07, 6.45) is 0. The van der Waals surface area contributed by atoms with Gasteiger partial charge in [-0.05, 0) is 37.1 Å². The third-order valence-electron chi connectivity index (χ3n) is 1.86. The summed E-state index contributed by atoms with van der Waals surface area (Å²) >= 11 is 0. The average molecular weight is 184 g/mol. The van der Waals surface area contributed by atoms with Crippen LogP contribution in [0.2, 0.25) is 0 Å². The lowest BCUT2D eigenvalue weighted by Crippen LogP contribution is -1.95. The van der Waals surface area contributed by atoms with Crippen LogP contribution in [-0.4, -0.2) is 14.0 Å². The standard InChI is InChI=1S/C10H13FO2/c1-7-4-9(13-6-11)5-8(2)10(7)12-3/h4-5H,6H2,1-3H3. The first-order chi connectivity index (χ1) is 6.19. The zero-order valence-electron chi connectivity index (χ0n) is 8.06. The Balaban J connectivity index is 3.05. The Morgan fingerprint density at radius 1 is 1.23 bits per heavy atom. The SMILES string of the molecule is COc1c(C)cc(OCF)cc1C. The van der Waals surface area contributed by atoms with Crippen LogP contribution in [0.15, 0.2) is 12.1 Å². The van der Waals surface area contributed by atoms with Gasteiger partial charge in [0.25, 0.3) is 0 Å². The Kier molecular flexibility index (Phi) is 3.12. The molecule has 2 nitrogen and oxygen atoms in total. The minimum atomic E-state index is -0.800. The first-order valence-electron chi connectivity index (χ1n) is 4.03. The van der Waals surface area contributed by atoms with Crippen LogP contribution < -0.4 is 9.47 Å². The summed E-state index contributed by atoms with van der Waals surface area (Å²) < 4.78 is 21.8. The molecule has 0 aliphatic rings. The van der Waals surface area contributed by atoms with E-state index in [0.717, 1.165) is 16.9 Å². The van der Waals surface area contributed by atoms with Crippen molar-refractivity contribution in [3.05, 3.63) is 23.3 Å². The van der Waals surface area contributed by atoms with Crippen molar-refractivity contribution >= 4 is 0 Å². The number of aryl methyl sites for hydroxylation is 2. The summed E-state index contributed by atoms with van der Waals surface area (Å²) in [4.78, 5) is 0. The molecule has 3 heteroatoms. The topological polar surface area (TPSA) is 18.5 Å². The molecular formula is C10H13FO2. The highest BCUT2D eigenvalue weighted by molar-refractivity contribution is 5.45. The summed E-state index contributed by atoms with van der Waals surface area (Å²) in [7, 11) is 1.62. The highest BCUT2D eigenvalue weighted by Crippen LogP contribution is 2.27. The number of halogens is 1. The molecular weight excluding hydrogens is 171 g/mol. The van der Waals surface area contributed by atoms with Crippen molar-refractivity contribution in [1.82, 2.24) is 0 Å². The maximum absolute atomic E-state index is 11.9. The number of hydrogen-bond donors (Lipinski definition) is 0. The van der Waals surface area contributed by atoms with E-state index in [4.69, 9.17) is 9.47 Å². The van der Waals surface area contributed by atoms with Crippen LogP contribution in [0.5, 0.6) is 11.5 Å². The molecule has 0 fully saturated rings. The van der Waals surface area contributed by atoms with E-state index in [1.165, 1.54) is 0 Å². The van der Waals surface area contributed by atoms with Crippen LogP contribution in [0, 0.1) is 13.8 Å². The van der Waals surface area contributed by atoms with Crippen molar-refractivity contribution in [2.45, 2.75) is 13.8 Å². The summed E-state index contributed by atoms with van der Waals surface area (Å²) in [6.45, 7) is 3.00. The van der Waals surface area contributed by atoms with Crippen molar-refractivity contribution in [3.8, 4) is 11.5 Å². The van der Waals surface area contributed by atoms with E-state index in [1.54, 1.807) is 19.2 Å². The normalized spacial score (nSPS) is 9.85. The van der Waals surface area contributed by atoms with E-state index in [2.05, 4.69) is 0 Å². The molecule has 72 valence electrons. The molecule has 0 radical (unpaired) electrons. The molecule has 0 aliphatic carbocycles. The van der Waals surface area contributed by atoms with Crippen molar-refractivity contribution in [3.63, 3.8) is 0 Å². The molecule has 0 unspecified atom stereocenters. The minimum absolute atomic E-state index is 0.540. The van der Waals surface area contributed by atoms with Gasteiger partial charge < -0.3 is 9.47 Å². The van der Waals surface area contributed by atoms with Gasteiger partial charge in [0.05, 0.1) is 7.11 Å². The highest BCUT2D eigenvalue weighted by Gasteiger charge is 2.05. The van der Waals surface area contributed by atoms with E-state index >= 15 is 0 Å². The first-order valence-corrected chi connectivity index (χ1v) is 4.03. The van der Waals surface area contributed by atoms with E-state index in [0.29, 0.717) is 5.75 Å². The van der Waals surface area contributed by atoms with Gasteiger partial charge >= 0.3 is 0 Å². The van der Waals surface area contributed by atoms with Crippen LogP contribution in [0.25, 0.3) is 0 Å². The summed E-state index contributed by atoms with van der Waals surface area (Å²) in [5.41, 5.74) is 1.90. The van der Waals surface area contributed by atoms with Crippen LogP contribution >= 0.6 is 0 Å². The van der Waals surface area contributed by atoms with E-state index in [-0.39, 0.29) is 0 Å². The lowest BCUT2D eigenvalue weighted by Gasteiger charge is -2.10. The molecule has 0 heterocycles. The Morgan fingerprint density at radius 3 is 2.15 bits per heavy atom. The van der Waals surface area contributed by atoms with Crippen LogP contribution in [0.3, 0.4) is 0 Å². The molecule has 0 bridgehead atoms. The zero-order chi connectivity index (χ0) is 9.84. The van der Waals surface area contributed by atoms with Gasteiger partial charge in [0.1, 0.15) is 11.5 Å². The van der Waals surface area contributed by atoms with Gasteiger partial charge in [-0.25, -0.2) is 4.39 Å². The molecule has 13 heavy (non-hydrogen) atoms. The highest BCUT2D eigenvalue weighted by atomic mass is 19.1. The third kappa shape index (κ3) is 2.11. The van der Waals surface area contributed by atoms with Crippen molar-refractivity contribution in [1.29, 1.82) is 0 Å². The van der Waals surface area contributed by atoms with Gasteiger partial charge in [0.2, 0.25) is 6.86 Å². The Hall–Kier alpha value is -1.25. The Labute approximate surface area is 77.3 Å². The van der Waals surface area contributed by atoms with Gasteiger partial charge in [0, 0.05) is 0 Å². The second-order valence-corrected chi connectivity index (χ2v) is 2.84. The van der Waals surface area contributed by atoms with Crippen molar-refractivity contribution in [2.24, 2.45) is 0 Å². The van der Waals surface area contributed by atoms with Crippen molar-refractivity contribution < 1.29 is 13.9 Å². The molecule has 0 amide bonds. The van der Waals surface area contributed by atoms with Gasteiger partial charge in [-0.2, -0.15) is 0 Å². The maximum Gasteiger partial charge on any atom is 0.228 e. The smallest absolute Gasteiger partial charge is 0.228 e. The van der Waals surface area contributed by atoms with Crippen LogP contribution in [0.4, 0.5) is 4.39 Å². The molecule has 1 aromatic rings. The third-order valence-corrected chi connectivity index (χ3v) is 1.86. The quantitative estimate of drug-likeness (QED) is 0.718. The number of rotatable bonds is 3. The number of hydrogen-bond acceptors (Lipinski definition) is 2. The number of benzene rings is 1. The van der Waals surface area contributed by atoms with Gasteiger partial charge in [0.15, 0.2) is 0 Å². The van der Waals surface area contributed by atoms with Crippen LogP contribution in [-0.2, 0) is 0 Å². The molecule has 0 aromatic heterocycles. The fourth-order valence-corrected chi connectivity index (χ4v) is 1.38. The molecule has 1 aromatic carbocycles. The zero-order valence-corrected chi connectivity index (χ0v) is 8.06. The Bertz CT molecular complexity index is 274. The minimum Gasteiger partial charge on any atom is -0.496 e. The second kappa shape index (κ2) is 4.12. The lowest BCUT2D eigenvalue weighted by atomic mass is 10.1. The number of alkyl halides is 1. The van der Waals surface area contributed by atoms with Gasteiger partial charge in [-0.3, -0.25) is 0 Å². The molecule has 0 spiro atoms. The summed E-state index contributed by atoms with van der Waals surface area (Å²) in [6, 6.07) is 3.51. The molecule has 0 aliphatic heterocycles. The van der Waals surface area contributed by atoms with Crippen molar-refractivity contribution in [2.75, 3.05) is 14.0 Å².